The highest BCUT2D eigenvalue weighted by molar-refractivity contribution is 5.39. The SMILES string of the molecule is O=[N+]([O-])c1ccc(Oc2cc(F)cc(F)c2F)cc1. The minimum atomic E-state index is -1.38. The Morgan fingerprint density at radius 3 is 2.26 bits per heavy atom. The highest BCUT2D eigenvalue weighted by Crippen LogP contribution is 2.28. The molecule has 2 aromatic carbocycles. The van der Waals surface area contributed by atoms with Gasteiger partial charge < -0.3 is 4.74 Å². The minimum absolute atomic E-state index is 0.0227. The molecular weight excluding hydrogens is 263 g/mol. The molecule has 0 saturated carbocycles. The maximum atomic E-state index is 13.3. The van der Waals surface area contributed by atoms with E-state index in [1.165, 1.54) is 12.1 Å². The van der Waals surface area contributed by atoms with Crippen LogP contribution >= 0.6 is 0 Å². The molecule has 0 saturated heterocycles. The number of nitrogens with zero attached hydrogens (tertiary/aromatic N) is 1. The van der Waals surface area contributed by atoms with Gasteiger partial charge in [-0.2, -0.15) is 4.39 Å². The molecule has 0 radical (unpaired) electrons. The van der Waals surface area contributed by atoms with Crippen LogP contribution in [0.25, 0.3) is 0 Å². The summed E-state index contributed by atoms with van der Waals surface area (Å²) < 4.78 is 44.1. The Bertz CT molecular complexity index is 629. The summed E-state index contributed by atoms with van der Waals surface area (Å²) >= 11 is 0. The lowest BCUT2D eigenvalue weighted by Gasteiger charge is -2.07. The van der Waals surface area contributed by atoms with Crippen LogP contribution in [0.15, 0.2) is 36.4 Å². The normalized spacial score (nSPS) is 10.3. The van der Waals surface area contributed by atoms with E-state index >= 15 is 0 Å². The van der Waals surface area contributed by atoms with E-state index < -0.39 is 28.1 Å². The van der Waals surface area contributed by atoms with Gasteiger partial charge in [0, 0.05) is 24.3 Å². The van der Waals surface area contributed by atoms with Gasteiger partial charge in [-0.05, 0) is 12.1 Å². The quantitative estimate of drug-likeness (QED) is 0.483. The number of rotatable bonds is 3. The van der Waals surface area contributed by atoms with Gasteiger partial charge in [0.05, 0.1) is 4.92 Å². The minimum Gasteiger partial charge on any atom is -0.454 e. The van der Waals surface area contributed by atoms with Crippen molar-refractivity contribution >= 4 is 5.69 Å². The summed E-state index contributed by atoms with van der Waals surface area (Å²) in [5, 5.41) is 10.4. The Balaban J connectivity index is 2.28. The van der Waals surface area contributed by atoms with Crippen molar-refractivity contribution < 1.29 is 22.8 Å². The monoisotopic (exact) mass is 269 g/mol. The molecule has 0 aliphatic carbocycles. The summed E-state index contributed by atoms with van der Waals surface area (Å²) in [5.41, 5.74) is -0.182. The molecule has 0 aliphatic heterocycles. The van der Waals surface area contributed by atoms with Crippen LogP contribution in [0.3, 0.4) is 0 Å². The fourth-order valence-corrected chi connectivity index (χ4v) is 1.37. The maximum absolute atomic E-state index is 13.3. The van der Waals surface area contributed by atoms with E-state index in [1.54, 1.807) is 0 Å². The van der Waals surface area contributed by atoms with Crippen molar-refractivity contribution in [3.05, 3.63) is 64.0 Å². The zero-order valence-electron chi connectivity index (χ0n) is 9.27. The van der Waals surface area contributed by atoms with Crippen LogP contribution in [0.5, 0.6) is 11.5 Å². The lowest BCUT2D eigenvalue weighted by Crippen LogP contribution is -1.94. The van der Waals surface area contributed by atoms with Crippen molar-refractivity contribution in [3.63, 3.8) is 0 Å². The molecule has 2 aromatic rings. The molecule has 0 fully saturated rings. The Morgan fingerprint density at radius 1 is 1.05 bits per heavy atom. The molecular formula is C12H6F3NO3. The Morgan fingerprint density at radius 2 is 1.68 bits per heavy atom. The highest BCUT2D eigenvalue weighted by atomic mass is 19.2. The molecule has 0 spiro atoms. The number of benzene rings is 2. The number of ether oxygens (including phenoxy) is 1. The second-order valence-corrected chi connectivity index (χ2v) is 3.55. The standard InChI is InChI=1S/C12H6F3NO3/c13-7-5-10(14)12(15)11(6-7)19-9-3-1-8(2-4-9)16(17)18/h1-6H. The average molecular weight is 269 g/mol. The van der Waals surface area contributed by atoms with Crippen LogP contribution < -0.4 is 4.74 Å². The van der Waals surface area contributed by atoms with Crippen LogP contribution in [0, 0.1) is 27.6 Å². The first kappa shape index (κ1) is 12.9. The fourth-order valence-electron chi connectivity index (χ4n) is 1.37. The number of nitro groups is 1. The van der Waals surface area contributed by atoms with Crippen LogP contribution in [-0.4, -0.2) is 4.92 Å². The number of hydrogen-bond acceptors (Lipinski definition) is 3. The van der Waals surface area contributed by atoms with Gasteiger partial charge in [0.2, 0.25) is 5.82 Å². The molecule has 0 bridgehead atoms. The van der Waals surface area contributed by atoms with E-state index in [4.69, 9.17) is 4.74 Å². The van der Waals surface area contributed by atoms with Crippen LogP contribution in [-0.2, 0) is 0 Å². The molecule has 0 unspecified atom stereocenters. The van der Waals surface area contributed by atoms with Gasteiger partial charge in [0.15, 0.2) is 11.6 Å². The van der Waals surface area contributed by atoms with Crippen LogP contribution in [0.4, 0.5) is 18.9 Å². The summed E-state index contributed by atoms with van der Waals surface area (Å²) in [7, 11) is 0. The predicted octanol–water partition coefficient (Wildman–Crippen LogP) is 3.80. The van der Waals surface area contributed by atoms with Gasteiger partial charge in [-0.15, -0.1) is 0 Å². The van der Waals surface area contributed by atoms with Gasteiger partial charge in [-0.25, -0.2) is 8.78 Å². The van der Waals surface area contributed by atoms with Gasteiger partial charge in [-0.1, -0.05) is 0 Å². The predicted molar refractivity (Wildman–Crippen MR) is 59.5 cm³/mol. The summed E-state index contributed by atoms with van der Waals surface area (Å²) in [6.45, 7) is 0. The Hall–Kier alpha value is -2.57. The van der Waals surface area contributed by atoms with Crippen molar-refractivity contribution in [2.75, 3.05) is 0 Å². The van der Waals surface area contributed by atoms with Crippen molar-refractivity contribution in [2.24, 2.45) is 0 Å². The van der Waals surface area contributed by atoms with Gasteiger partial charge in [0.25, 0.3) is 5.69 Å². The molecule has 2 rings (SSSR count). The van der Waals surface area contributed by atoms with E-state index in [-0.39, 0.29) is 11.4 Å². The molecule has 98 valence electrons. The second kappa shape index (κ2) is 4.97. The topological polar surface area (TPSA) is 52.4 Å². The second-order valence-electron chi connectivity index (χ2n) is 3.55. The van der Waals surface area contributed by atoms with Gasteiger partial charge in [0.1, 0.15) is 11.6 Å². The van der Waals surface area contributed by atoms with Gasteiger partial charge in [-0.3, -0.25) is 10.1 Å². The van der Waals surface area contributed by atoms with E-state index in [0.29, 0.717) is 12.1 Å². The third-order valence-corrected chi connectivity index (χ3v) is 2.23. The number of nitro benzene ring substituents is 1. The molecule has 7 heteroatoms. The highest BCUT2D eigenvalue weighted by Gasteiger charge is 2.13. The molecule has 0 aromatic heterocycles. The zero-order valence-corrected chi connectivity index (χ0v) is 9.27. The summed E-state index contributed by atoms with van der Waals surface area (Å²) in [4.78, 5) is 9.80. The number of halogens is 3. The van der Waals surface area contributed by atoms with Crippen molar-refractivity contribution in [2.45, 2.75) is 0 Å². The summed E-state index contributed by atoms with van der Waals surface area (Å²) in [5.74, 6) is -4.31. The lowest BCUT2D eigenvalue weighted by atomic mass is 10.3. The molecule has 0 amide bonds. The number of non-ortho nitro benzene ring substituents is 1. The van der Waals surface area contributed by atoms with Crippen LogP contribution in [0.1, 0.15) is 0 Å². The van der Waals surface area contributed by atoms with Crippen molar-refractivity contribution in [1.29, 1.82) is 0 Å². The van der Waals surface area contributed by atoms with Crippen molar-refractivity contribution in [3.8, 4) is 11.5 Å². The first-order valence-electron chi connectivity index (χ1n) is 5.04. The molecule has 0 N–H and O–H groups in total. The number of hydrogen-bond donors (Lipinski definition) is 0. The smallest absolute Gasteiger partial charge is 0.269 e. The van der Waals surface area contributed by atoms with E-state index in [9.17, 15) is 23.3 Å². The third-order valence-electron chi connectivity index (χ3n) is 2.23. The summed E-state index contributed by atoms with van der Waals surface area (Å²) in [6, 6.07) is 5.71. The largest absolute Gasteiger partial charge is 0.454 e. The molecule has 0 atom stereocenters. The lowest BCUT2D eigenvalue weighted by molar-refractivity contribution is -0.384. The Kier molecular flexibility index (Phi) is 3.37. The Labute approximate surface area is 105 Å². The first-order chi connectivity index (χ1) is 8.97. The molecule has 0 heterocycles. The average Bonchev–Trinajstić information content (AvgIpc) is 2.36. The first-order valence-corrected chi connectivity index (χ1v) is 5.04. The fraction of sp³-hybridized carbons (Fsp3) is 0. The zero-order chi connectivity index (χ0) is 14.0. The van der Waals surface area contributed by atoms with E-state index in [0.717, 1.165) is 12.1 Å². The van der Waals surface area contributed by atoms with Crippen LogP contribution in [0.2, 0.25) is 0 Å². The molecule has 0 aliphatic rings. The maximum Gasteiger partial charge on any atom is 0.269 e. The van der Waals surface area contributed by atoms with Crippen molar-refractivity contribution in [1.82, 2.24) is 0 Å². The molecule has 4 nitrogen and oxygen atoms in total. The summed E-state index contributed by atoms with van der Waals surface area (Å²) in [6.07, 6.45) is 0. The van der Waals surface area contributed by atoms with E-state index in [2.05, 4.69) is 0 Å². The van der Waals surface area contributed by atoms with Gasteiger partial charge >= 0.3 is 0 Å². The van der Waals surface area contributed by atoms with E-state index in [1.807, 2.05) is 0 Å². The molecule has 19 heavy (non-hydrogen) atoms. The third kappa shape index (κ3) is 2.82.